The maximum absolute atomic E-state index is 5.66. The van der Waals surface area contributed by atoms with E-state index in [0.29, 0.717) is 6.04 Å². The molecular formula is C17H30N2O. The van der Waals surface area contributed by atoms with Gasteiger partial charge in [0, 0.05) is 25.7 Å². The van der Waals surface area contributed by atoms with Gasteiger partial charge in [-0.25, -0.2) is 0 Å². The SMILES string of the molecule is CCCCOc1ccc(CNCCN(C)C(C)C)cc1. The molecule has 114 valence electrons. The average molecular weight is 278 g/mol. The lowest BCUT2D eigenvalue weighted by Gasteiger charge is -2.20. The molecule has 1 N–H and O–H groups in total. The Balaban J connectivity index is 2.21. The van der Waals surface area contributed by atoms with Crippen LogP contribution in [0.4, 0.5) is 0 Å². The summed E-state index contributed by atoms with van der Waals surface area (Å²) in [6, 6.07) is 9.01. The van der Waals surface area contributed by atoms with Crippen LogP contribution in [0.3, 0.4) is 0 Å². The molecule has 3 nitrogen and oxygen atoms in total. The molecule has 3 heteroatoms. The summed E-state index contributed by atoms with van der Waals surface area (Å²) >= 11 is 0. The fourth-order valence-electron chi connectivity index (χ4n) is 1.78. The highest BCUT2D eigenvalue weighted by Gasteiger charge is 2.01. The molecular weight excluding hydrogens is 248 g/mol. The zero-order valence-corrected chi connectivity index (χ0v) is 13.5. The summed E-state index contributed by atoms with van der Waals surface area (Å²) in [4.78, 5) is 2.34. The minimum Gasteiger partial charge on any atom is -0.494 e. The number of hydrogen-bond acceptors (Lipinski definition) is 3. The molecule has 1 aromatic carbocycles. The lowest BCUT2D eigenvalue weighted by Crippen LogP contribution is -2.33. The van der Waals surface area contributed by atoms with Gasteiger partial charge in [0.1, 0.15) is 5.75 Å². The molecule has 0 heterocycles. The van der Waals surface area contributed by atoms with E-state index in [1.54, 1.807) is 0 Å². The van der Waals surface area contributed by atoms with Crippen LogP contribution in [0.2, 0.25) is 0 Å². The Bertz CT molecular complexity index is 349. The lowest BCUT2D eigenvalue weighted by molar-refractivity contribution is 0.273. The van der Waals surface area contributed by atoms with Crippen LogP contribution in [0, 0.1) is 0 Å². The van der Waals surface area contributed by atoms with Crippen LogP contribution in [-0.4, -0.2) is 37.7 Å². The molecule has 0 atom stereocenters. The van der Waals surface area contributed by atoms with E-state index >= 15 is 0 Å². The van der Waals surface area contributed by atoms with Crippen LogP contribution in [0.15, 0.2) is 24.3 Å². The summed E-state index contributed by atoms with van der Waals surface area (Å²) in [7, 11) is 2.16. The lowest BCUT2D eigenvalue weighted by atomic mass is 10.2. The van der Waals surface area contributed by atoms with Crippen molar-refractivity contribution >= 4 is 0 Å². The third kappa shape index (κ3) is 6.92. The Morgan fingerprint density at radius 3 is 2.50 bits per heavy atom. The van der Waals surface area contributed by atoms with E-state index in [1.807, 2.05) is 0 Å². The zero-order chi connectivity index (χ0) is 14.8. The fraction of sp³-hybridized carbons (Fsp3) is 0.647. The van der Waals surface area contributed by atoms with Crippen molar-refractivity contribution in [2.75, 3.05) is 26.7 Å². The Morgan fingerprint density at radius 1 is 1.20 bits per heavy atom. The van der Waals surface area contributed by atoms with Gasteiger partial charge < -0.3 is 15.0 Å². The zero-order valence-electron chi connectivity index (χ0n) is 13.5. The molecule has 1 aromatic rings. The first-order valence-corrected chi connectivity index (χ1v) is 7.76. The van der Waals surface area contributed by atoms with Crippen LogP contribution in [0.25, 0.3) is 0 Å². The predicted molar refractivity (Wildman–Crippen MR) is 86.3 cm³/mol. The van der Waals surface area contributed by atoms with Gasteiger partial charge in [-0.2, -0.15) is 0 Å². The monoisotopic (exact) mass is 278 g/mol. The first-order valence-electron chi connectivity index (χ1n) is 7.76. The molecule has 20 heavy (non-hydrogen) atoms. The van der Waals surface area contributed by atoms with Gasteiger partial charge in [-0.3, -0.25) is 0 Å². The highest BCUT2D eigenvalue weighted by atomic mass is 16.5. The largest absolute Gasteiger partial charge is 0.494 e. The standard InChI is InChI=1S/C17H30N2O/c1-5-6-13-20-17-9-7-16(8-10-17)14-18-11-12-19(4)15(2)3/h7-10,15,18H,5-6,11-14H2,1-4H3. The van der Waals surface area contributed by atoms with Gasteiger partial charge in [0.2, 0.25) is 0 Å². The molecule has 0 saturated carbocycles. The maximum atomic E-state index is 5.66. The van der Waals surface area contributed by atoms with Gasteiger partial charge in [-0.1, -0.05) is 25.5 Å². The summed E-state index contributed by atoms with van der Waals surface area (Å²) in [6.45, 7) is 10.4. The van der Waals surface area contributed by atoms with Gasteiger partial charge in [-0.15, -0.1) is 0 Å². The van der Waals surface area contributed by atoms with Crippen molar-refractivity contribution in [1.82, 2.24) is 10.2 Å². The van der Waals surface area contributed by atoms with Crippen molar-refractivity contribution in [2.24, 2.45) is 0 Å². The smallest absolute Gasteiger partial charge is 0.119 e. The maximum Gasteiger partial charge on any atom is 0.119 e. The van der Waals surface area contributed by atoms with Crippen LogP contribution in [0.1, 0.15) is 39.2 Å². The number of hydrogen-bond donors (Lipinski definition) is 1. The number of benzene rings is 1. The average Bonchev–Trinajstić information content (AvgIpc) is 2.45. The molecule has 0 fully saturated rings. The van der Waals surface area contributed by atoms with Crippen LogP contribution >= 0.6 is 0 Å². The molecule has 0 aliphatic heterocycles. The summed E-state index contributed by atoms with van der Waals surface area (Å²) < 4.78 is 5.66. The number of nitrogens with zero attached hydrogens (tertiary/aromatic N) is 1. The van der Waals surface area contributed by atoms with Gasteiger partial charge in [0.05, 0.1) is 6.61 Å². The fourth-order valence-corrected chi connectivity index (χ4v) is 1.78. The second kappa shape index (κ2) is 9.78. The van der Waals surface area contributed by atoms with Crippen LogP contribution in [-0.2, 0) is 6.54 Å². The van der Waals surface area contributed by atoms with E-state index in [-0.39, 0.29) is 0 Å². The minimum absolute atomic E-state index is 0.608. The molecule has 0 unspecified atom stereocenters. The Labute approximate surface area is 124 Å². The first kappa shape index (κ1) is 17.0. The summed E-state index contributed by atoms with van der Waals surface area (Å²) in [5, 5.41) is 3.48. The highest BCUT2D eigenvalue weighted by Crippen LogP contribution is 2.12. The van der Waals surface area contributed by atoms with Crippen molar-refractivity contribution < 1.29 is 4.74 Å². The molecule has 0 bridgehead atoms. The number of nitrogens with one attached hydrogen (secondary N) is 1. The normalized spacial score (nSPS) is 11.3. The number of ether oxygens (including phenoxy) is 1. The van der Waals surface area contributed by atoms with E-state index in [9.17, 15) is 0 Å². The molecule has 0 spiro atoms. The number of unbranched alkanes of at least 4 members (excludes halogenated alkanes) is 1. The highest BCUT2D eigenvalue weighted by molar-refractivity contribution is 5.27. The molecule has 0 aromatic heterocycles. The summed E-state index contributed by atoms with van der Waals surface area (Å²) in [6.07, 6.45) is 2.29. The van der Waals surface area contributed by atoms with Crippen molar-refractivity contribution in [3.05, 3.63) is 29.8 Å². The summed E-state index contributed by atoms with van der Waals surface area (Å²) in [5.41, 5.74) is 1.31. The Hall–Kier alpha value is -1.06. The molecule has 0 aliphatic carbocycles. The van der Waals surface area contributed by atoms with Crippen molar-refractivity contribution in [2.45, 2.75) is 46.2 Å². The van der Waals surface area contributed by atoms with Crippen molar-refractivity contribution in [1.29, 1.82) is 0 Å². The minimum atomic E-state index is 0.608. The van der Waals surface area contributed by atoms with Gasteiger partial charge in [-0.05, 0) is 45.0 Å². The van der Waals surface area contributed by atoms with E-state index < -0.39 is 0 Å². The molecule has 0 amide bonds. The van der Waals surface area contributed by atoms with Gasteiger partial charge in [0.15, 0.2) is 0 Å². The van der Waals surface area contributed by atoms with Crippen molar-refractivity contribution in [3.63, 3.8) is 0 Å². The third-order valence-corrected chi connectivity index (χ3v) is 3.54. The molecule has 0 saturated heterocycles. The van der Waals surface area contributed by atoms with E-state index in [1.165, 1.54) is 12.0 Å². The number of likely N-dealkylation sites (N-methyl/N-ethyl adjacent to an activating group) is 1. The molecule has 0 radical (unpaired) electrons. The number of rotatable bonds is 10. The van der Waals surface area contributed by atoms with E-state index in [4.69, 9.17) is 4.74 Å². The second-order valence-corrected chi connectivity index (χ2v) is 5.60. The quantitative estimate of drug-likeness (QED) is 0.665. The van der Waals surface area contributed by atoms with Crippen LogP contribution in [0.5, 0.6) is 5.75 Å². The van der Waals surface area contributed by atoms with Crippen molar-refractivity contribution in [3.8, 4) is 5.75 Å². The van der Waals surface area contributed by atoms with Gasteiger partial charge in [0.25, 0.3) is 0 Å². The second-order valence-electron chi connectivity index (χ2n) is 5.60. The third-order valence-electron chi connectivity index (χ3n) is 3.54. The van der Waals surface area contributed by atoms with Gasteiger partial charge >= 0.3 is 0 Å². The topological polar surface area (TPSA) is 24.5 Å². The Morgan fingerprint density at radius 2 is 1.90 bits per heavy atom. The molecule has 0 aliphatic rings. The van der Waals surface area contributed by atoms with E-state index in [0.717, 1.165) is 38.4 Å². The Kier molecular flexibility index (Phi) is 8.31. The first-order chi connectivity index (χ1) is 9.63. The predicted octanol–water partition coefficient (Wildman–Crippen LogP) is 3.30. The molecule has 1 rings (SSSR count). The van der Waals surface area contributed by atoms with Crippen LogP contribution < -0.4 is 10.1 Å². The van der Waals surface area contributed by atoms with E-state index in [2.05, 4.69) is 62.3 Å². The summed E-state index contributed by atoms with van der Waals surface area (Å²) in [5.74, 6) is 0.974.